The smallest absolute Gasteiger partial charge is 0.322 e. The fraction of sp³-hybridized carbons (Fsp3) is 0.350. The Morgan fingerprint density at radius 3 is 2.46 bits per heavy atom. The summed E-state index contributed by atoms with van der Waals surface area (Å²) in [5.41, 5.74) is 4.08. The molecule has 0 aromatic heterocycles. The molecule has 1 aliphatic rings. The molecular weight excluding hydrogens is 350 g/mol. The van der Waals surface area contributed by atoms with Gasteiger partial charge in [0.2, 0.25) is 0 Å². The number of ether oxygens (including phenoxy) is 1. The first kappa shape index (κ1) is 18.4. The van der Waals surface area contributed by atoms with E-state index in [0.29, 0.717) is 24.5 Å². The number of urea groups is 1. The number of para-hydroxylation sites is 2. The average Bonchev–Trinajstić information content (AvgIpc) is 2.62. The molecule has 1 saturated heterocycles. The van der Waals surface area contributed by atoms with Gasteiger partial charge < -0.3 is 19.9 Å². The second kappa shape index (κ2) is 7.87. The molecule has 26 heavy (non-hydrogen) atoms. The monoisotopic (exact) mass is 373 g/mol. The van der Waals surface area contributed by atoms with Crippen LogP contribution in [0.4, 0.5) is 16.2 Å². The van der Waals surface area contributed by atoms with Gasteiger partial charge in [-0.25, -0.2) is 4.79 Å². The zero-order valence-corrected chi connectivity index (χ0v) is 16.1. The molecule has 6 heteroatoms. The number of nitrogens with one attached hydrogen (secondary N) is 1. The van der Waals surface area contributed by atoms with Gasteiger partial charge in [0.1, 0.15) is 5.75 Å². The Morgan fingerprint density at radius 1 is 1.12 bits per heavy atom. The van der Waals surface area contributed by atoms with Crippen LogP contribution in [0.3, 0.4) is 0 Å². The summed E-state index contributed by atoms with van der Waals surface area (Å²) in [5, 5.41) is 3.71. The highest BCUT2D eigenvalue weighted by molar-refractivity contribution is 6.33. The molecule has 1 aliphatic heterocycles. The van der Waals surface area contributed by atoms with Gasteiger partial charge in [0, 0.05) is 26.2 Å². The predicted molar refractivity (Wildman–Crippen MR) is 107 cm³/mol. The van der Waals surface area contributed by atoms with Crippen LogP contribution in [0.15, 0.2) is 36.4 Å². The van der Waals surface area contributed by atoms with Crippen LogP contribution < -0.4 is 15.0 Å². The summed E-state index contributed by atoms with van der Waals surface area (Å²) >= 11 is 6.46. The van der Waals surface area contributed by atoms with Crippen molar-refractivity contribution in [1.29, 1.82) is 0 Å². The maximum atomic E-state index is 12.6. The van der Waals surface area contributed by atoms with Gasteiger partial charge in [-0.2, -0.15) is 0 Å². The molecule has 5 nitrogen and oxygen atoms in total. The van der Waals surface area contributed by atoms with Crippen LogP contribution in [0, 0.1) is 13.8 Å². The molecule has 0 saturated carbocycles. The van der Waals surface area contributed by atoms with Crippen molar-refractivity contribution >= 4 is 29.0 Å². The Labute approximate surface area is 159 Å². The number of piperazine rings is 1. The fourth-order valence-corrected chi connectivity index (χ4v) is 3.82. The summed E-state index contributed by atoms with van der Waals surface area (Å²) in [6.07, 6.45) is 0. The van der Waals surface area contributed by atoms with Crippen LogP contribution in [0.2, 0.25) is 5.02 Å². The summed E-state index contributed by atoms with van der Waals surface area (Å²) in [4.78, 5) is 16.6. The van der Waals surface area contributed by atoms with Crippen LogP contribution in [0.5, 0.6) is 5.75 Å². The van der Waals surface area contributed by atoms with Crippen molar-refractivity contribution in [3.8, 4) is 5.75 Å². The van der Waals surface area contributed by atoms with Gasteiger partial charge in [-0.15, -0.1) is 0 Å². The molecule has 0 aliphatic carbocycles. The lowest BCUT2D eigenvalue weighted by Gasteiger charge is -2.37. The topological polar surface area (TPSA) is 44.8 Å². The third kappa shape index (κ3) is 3.88. The van der Waals surface area contributed by atoms with Gasteiger partial charge in [0.25, 0.3) is 0 Å². The zero-order chi connectivity index (χ0) is 18.7. The molecule has 0 radical (unpaired) electrons. The Bertz CT molecular complexity index is 778. The van der Waals surface area contributed by atoms with Gasteiger partial charge in [-0.1, -0.05) is 29.8 Å². The van der Waals surface area contributed by atoms with Gasteiger partial charge in [-0.3, -0.25) is 0 Å². The van der Waals surface area contributed by atoms with E-state index in [4.69, 9.17) is 16.3 Å². The summed E-state index contributed by atoms with van der Waals surface area (Å²) in [6.45, 7) is 6.92. The van der Waals surface area contributed by atoms with E-state index < -0.39 is 0 Å². The van der Waals surface area contributed by atoms with Crippen molar-refractivity contribution in [2.75, 3.05) is 43.5 Å². The van der Waals surface area contributed by atoms with Gasteiger partial charge in [0.05, 0.1) is 23.5 Å². The maximum absolute atomic E-state index is 12.6. The SMILES string of the molecule is COc1ccccc1NC(=O)N1CCN(c2c(C)cc(C)cc2Cl)CC1. The van der Waals surface area contributed by atoms with E-state index in [9.17, 15) is 4.79 Å². The number of carbonyl (C=O) groups is 1. The van der Waals surface area contributed by atoms with Gasteiger partial charge in [0.15, 0.2) is 0 Å². The fourth-order valence-electron chi connectivity index (χ4n) is 3.38. The number of nitrogens with zero attached hydrogens (tertiary/aromatic N) is 2. The van der Waals surface area contributed by atoms with Gasteiger partial charge in [-0.05, 0) is 43.2 Å². The lowest BCUT2D eigenvalue weighted by atomic mass is 10.1. The maximum Gasteiger partial charge on any atom is 0.322 e. The first-order chi connectivity index (χ1) is 12.5. The molecule has 0 atom stereocenters. The van der Waals surface area contributed by atoms with Crippen molar-refractivity contribution in [3.63, 3.8) is 0 Å². The van der Waals surface area contributed by atoms with Crippen molar-refractivity contribution in [1.82, 2.24) is 4.90 Å². The first-order valence-corrected chi connectivity index (χ1v) is 9.08. The van der Waals surface area contributed by atoms with Crippen molar-refractivity contribution in [2.45, 2.75) is 13.8 Å². The molecule has 1 N–H and O–H groups in total. The third-order valence-electron chi connectivity index (χ3n) is 4.63. The second-order valence-electron chi connectivity index (χ2n) is 6.52. The van der Waals surface area contributed by atoms with Crippen molar-refractivity contribution in [2.24, 2.45) is 0 Å². The van der Waals surface area contributed by atoms with E-state index in [1.54, 1.807) is 7.11 Å². The minimum absolute atomic E-state index is 0.110. The Balaban J connectivity index is 1.64. The standard InChI is InChI=1S/C20H24ClN3O2/c1-14-12-15(2)19(16(21)13-14)23-8-10-24(11-9-23)20(25)22-17-6-4-5-7-18(17)26-3/h4-7,12-13H,8-11H2,1-3H3,(H,22,25). The van der Waals surface area contributed by atoms with Crippen LogP contribution in [0.25, 0.3) is 0 Å². The molecule has 2 aromatic rings. The lowest BCUT2D eigenvalue weighted by Crippen LogP contribution is -2.50. The van der Waals surface area contributed by atoms with E-state index >= 15 is 0 Å². The number of amides is 2. The minimum Gasteiger partial charge on any atom is -0.495 e. The summed E-state index contributed by atoms with van der Waals surface area (Å²) in [6, 6.07) is 11.4. The number of anilines is 2. The molecule has 0 bridgehead atoms. The lowest BCUT2D eigenvalue weighted by molar-refractivity contribution is 0.208. The van der Waals surface area contributed by atoms with Crippen molar-refractivity contribution < 1.29 is 9.53 Å². The van der Waals surface area contributed by atoms with E-state index in [2.05, 4.69) is 23.2 Å². The first-order valence-electron chi connectivity index (χ1n) is 8.70. The van der Waals surface area contributed by atoms with E-state index in [1.165, 1.54) is 5.56 Å². The van der Waals surface area contributed by atoms with Crippen LogP contribution in [0.1, 0.15) is 11.1 Å². The molecule has 0 spiro atoms. The van der Waals surface area contributed by atoms with Crippen LogP contribution in [-0.4, -0.2) is 44.2 Å². The Morgan fingerprint density at radius 2 is 1.81 bits per heavy atom. The minimum atomic E-state index is -0.110. The Hall–Kier alpha value is -2.40. The molecule has 1 heterocycles. The highest BCUT2D eigenvalue weighted by Crippen LogP contribution is 2.32. The number of aryl methyl sites for hydroxylation is 2. The molecule has 0 unspecified atom stereocenters. The number of methoxy groups -OCH3 is 1. The molecular formula is C20H24ClN3O2. The van der Waals surface area contributed by atoms with Crippen molar-refractivity contribution in [3.05, 3.63) is 52.5 Å². The number of carbonyl (C=O) groups excluding carboxylic acids is 1. The number of halogens is 1. The Kier molecular flexibility index (Phi) is 5.57. The van der Waals surface area contributed by atoms with Crippen LogP contribution in [-0.2, 0) is 0 Å². The van der Waals surface area contributed by atoms with Crippen LogP contribution >= 0.6 is 11.6 Å². The molecule has 3 rings (SSSR count). The highest BCUT2D eigenvalue weighted by Gasteiger charge is 2.24. The second-order valence-corrected chi connectivity index (χ2v) is 6.92. The normalized spacial score (nSPS) is 14.3. The molecule has 138 valence electrons. The third-order valence-corrected chi connectivity index (χ3v) is 4.92. The highest BCUT2D eigenvalue weighted by atomic mass is 35.5. The number of rotatable bonds is 3. The number of hydrogen-bond donors (Lipinski definition) is 1. The van der Waals surface area contributed by atoms with E-state index in [-0.39, 0.29) is 6.03 Å². The quantitative estimate of drug-likeness (QED) is 0.871. The summed E-state index contributed by atoms with van der Waals surface area (Å²) < 4.78 is 5.29. The molecule has 2 amide bonds. The zero-order valence-electron chi connectivity index (χ0n) is 15.4. The predicted octanol–water partition coefficient (Wildman–Crippen LogP) is 4.32. The summed E-state index contributed by atoms with van der Waals surface area (Å²) in [5.74, 6) is 0.654. The number of benzene rings is 2. The van der Waals surface area contributed by atoms with E-state index in [0.717, 1.165) is 29.4 Å². The largest absolute Gasteiger partial charge is 0.495 e. The van der Waals surface area contributed by atoms with Gasteiger partial charge >= 0.3 is 6.03 Å². The number of hydrogen-bond acceptors (Lipinski definition) is 3. The average molecular weight is 374 g/mol. The molecule has 1 fully saturated rings. The molecule has 2 aromatic carbocycles. The van der Waals surface area contributed by atoms with E-state index in [1.807, 2.05) is 42.2 Å². The summed E-state index contributed by atoms with van der Waals surface area (Å²) in [7, 11) is 1.59.